The number of anilines is 1. The lowest BCUT2D eigenvalue weighted by Crippen LogP contribution is -2.14. The molecule has 3 aromatic carbocycles. The molecule has 0 saturated carbocycles. The van der Waals surface area contributed by atoms with Gasteiger partial charge in [0.25, 0.3) is 0 Å². The van der Waals surface area contributed by atoms with Gasteiger partial charge >= 0.3 is 0 Å². The molecule has 0 aliphatic carbocycles. The SMILES string of the molecule is COc1ccc(Cn2c(SCC(=O)Nc3ccc(Cl)cc3)nc3ccccc32)cc1. The Hall–Kier alpha value is -2.96. The van der Waals surface area contributed by atoms with Crippen LogP contribution in [0.25, 0.3) is 11.0 Å². The molecule has 5 nitrogen and oxygen atoms in total. The predicted molar refractivity (Wildman–Crippen MR) is 123 cm³/mol. The van der Waals surface area contributed by atoms with Crippen LogP contribution in [0.4, 0.5) is 5.69 Å². The largest absolute Gasteiger partial charge is 0.497 e. The number of hydrogen-bond acceptors (Lipinski definition) is 4. The van der Waals surface area contributed by atoms with E-state index < -0.39 is 0 Å². The van der Waals surface area contributed by atoms with Crippen LogP contribution >= 0.6 is 23.4 Å². The highest BCUT2D eigenvalue weighted by molar-refractivity contribution is 7.99. The first kappa shape index (κ1) is 20.3. The molecular formula is C23H20ClN3O2S. The standard InChI is InChI=1S/C23H20ClN3O2S/c1-29-19-12-6-16(7-13-19)14-27-21-5-3-2-4-20(21)26-23(27)30-15-22(28)25-18-10-8-17(24)9-11-18/h2-13H,14-15H2,1H3,(H,25,28). The second kappa shape index (κ2) is 9.24. The molecule has 0 unspecified atom stereocenters. The quantitative estimate of drug-likeness (QED) is 0.389. The maximum Gasteiger partial charge on any atom is 0.234 e. The van der Waals surface area contributed by atoms with Gasteiger partial charge in [0.1, 0.15) is 5.75 Å². The summed E-state index contributed by atoms with van der Waals surface area (Å²) in [7, 11) is 1.65. The monoisotopic (exact) mass is 437 g/mol. The molecule has 0 aliphatic rings. The van der Waals surface area contributed by atoms with Crippen molar-refractivity contribution in [3.8, 4) is 5.75 Å². The lowest BCUT2D eigenvalue weighted by Gasteiger charge is -2.10. The van der Waals surface area contributed by atoms with Gasteiger partial charge in [-0.05, 0) is 54.1 Å². The molecule has 7 heteroatoms. The molecule has 152 valence electrons. The lowest BCUT2D eigenvalue weighted by molar-refractivity contribution is -0.113. The average molecular weight is 438 g/mol. The second-order valence-corrected chi connectivity index (χ2v) is 8.04. The van der Waals surface area contributed by atoms with Gasteiger partial charge in [-0.25, -0.2) is 4.98 Å². The van der Waals surface area contributed by atoms with Gasteiger partial charge in [-0.2, -0.15) is 0 Å². The number of amides is 1. The van der Waals surface area contributed by atoms with Crippen molar-refractivity contribution in [1.82, 2.24) is 9.55 Å². The summed E-state index contributed by atoms with van der Waals surface area (Å²) in [5.41, 5.74) is 3.80. The molecule has 0 spiro atoms. The Bertz CT molecular complexity index is 1160. The minimum Gasteiger partial charge on any atom is -0.497 e. The molecule has 0 aliphatic heterocycles. The molecule has 0 fully saturated rings. The Morgan fingerprint density at radius 3 is 2.53 bits per heavy atom. The van der Waals surface area contributed by atoms with Gasteiger partial charge in [-0.3, -0.25) is 4.79 Å². The van der Waals surface area contributed by atoms with Crippen molar-refractivity contribution in [2.45, 2.75) is 11.7 Å². The summed E-state index contributed by atoms with van der Waals surface area (Å²) in [5, 5.41) is 4.32. The van der Waals surface area contributed by atoms with E-state index in [0.29, 0.717) is 11.6 Å². The number of imidazole rings is 1. The molecular weight excluding hydrogens is 418 g/mol. The molecule has 1 N–H and O–H groups in total. The van der Waals surface area contributed by atoms with Crippen molar-refractivity contribution in [3.05, 3.63) is 83.4 Å². The molecule has 0 saturated heterocycles. The van der Waals surface area contributed by atoms with Crippen LogP contribution in [0.5, 0.6) is 5.75 Å². The molecule has 4 rings (SSSR count). The van der Waals surface area contributed by atoms with Gasteiger partial charge in [0, 0.05) is 10.7 Å². The van der Waals surface area contributed by atoms with Crippen molar-refractivity contribution in [2.75, 3.05) is 18.2 Å². The molecule has 0 atom stereocenters. The number of methoxy groups -OCH3 is 1. The van der Waals surface area contributed by atoms with Crippen LogP contribution in [0.2, 0.25) is 5.02 Å². The number of thioether (sulfide) groups is 1. The number of hydrogen-bond donors (Lipinski definition) is 1. The van der Waals surface area contributed by atoms with Gasteiger partial charge in [-0.15, -0.1) is 0 Å². The number of fused-ring (bicyclic) bond motifs is 1. The van der Waals surface area contributed by atoms with E-state index in [9.17, 15) is 4.79 Å². The smallest absolute Gasteiger partial charge is 0.234 e. The maximum atomic E-state index is 12.4. The fraction of sp³-hybridized carbons (Fsp3) is 0.130. The van der Waals surface area contributed by atoms with Crippen LogP contribution in [-0.4, -0.2) is 28.3 Å². The fourth-order valence-corrected chi connectivity index (χ4v) is 4.03. The van der Waals surface area contributed by atoms with Crippen molar-refractivity contribution in [1.29, 1.82) is 0 Å². The molecule has 1 aromatic heterocycles. The van der Waals surface area contributed by atoms with Crippen molar-refractivity contribution >= 4 is 46.0 Å². The Labute approximate surface area is 184 Å². The van der Waals surface area contributed by atoms with Crippen LogP contribution in [0.3, 0.4) is 0 Å². The lowest BCUT2D eigenvalue weighted by atomic mass is 10.2. The van der Waals surface area contributed by atoms with Gasteiger partial charge in [0.2, 0.25) is 5.91 Å². The van der Waals surface area contributed by atoms with E-state index in [1.807, 2.05) is 48.5 Å². The Morgan fingerprint density at radius 1 is 1.07 bits per heavy atom. The van der Waals surface area contributed by atoms with Crippen LogP contribution in [0, 0.1) is 0 Å². The molecule has 30 heavy (non-hydrogen) atoms. The van der Waals surface area contributed by atoms with E-state index in [1.54, 1.807) is 31.4 Å². The summed E-state index contributed by atoms with van der Waals surface area (Å²) >= 11 is 7.31. The third-order valence-corrected chi connectivity index (χ3v) is 5.81. The Kier molecular flexibility index (Phi) is 6.26. The highest BCUT2D eigenvalue weighted by atomic mass is 35.5. The number of para-hydroxylation sites is 2. The summed E-state index contributed by atoms with van der Waals surface area (Å²) in [4.78, 5) is 17.1. The number of halogens is 1. The average Bonchev–Trinajstić information content (AvgIpc) is 3.12. The second-order valence-electron chi connectivity index (χ2n) is 6.66. The normalized spacial score (nSPS) is 10.9. The summed E-state index contributed by atoms with van der Waals surface area (Å²) in [5.74, 6) is 0.988. The number of nitrogens with zero attached hydrogens (tertiary/aromatic N) is 2. The van der Waals surface area contributed by atoms with Crippen molar-refractivity contribution < 1.29 is 9.53 Å². The molecule has 1 heterocycles. The zero-order chi connectivity index (χ0) is 20.9. The highest BCUT2D eigenvalue weighted by Crippen LogP contribution is 2.26. The Balaban J connectivity index is 1.51. The zero-order valence-corrected chi connectivity index (χ0v) is 17.9. The van der Waals surface area contributed by atoms with E-state index in [-0.39, 0.29) is 11.7 Å². The number of carbonyl (C=O) groups excluding carboxylic acids is 1. The minimum absolute atomic E-state index is 0.0922. The molecule has 4 aromatic rings. The van der Waals surface area contributed by atoms with E-state index in [2.05, 4.69) is 9.88 Å². The number of benzene rings is 3. The number of rotatable bonds is 7. The van der Waals surface area contributed by atoms with E-state index in [4.69, 9.17) is 21.3 Å². The van der Waals surface area contributed by atoms with Gasteiger partial charge in [-0.1, -0.05) is 47.6 Å². The van der Waals surface area contributed by atoms with E-state index >= 15 is 0 Å². The van der Waals surface area contributed by atoms with Crippen molar-refractivity contribution in [3.63, 3.8) is 0 Å². The van der Waals surface area contributed by atoms with Crippen molar-refractivity contribution in [2.24, 2.45) is 0 Å². The van der Waals surface area contributed by atoms with Gasteiger partial charge in [0.15, 0.2) is 5.16 Å². The first-order valence-corrected chi connectivity index (χ1v) is 10.7. The summed E-state index contributed by atoms with van der Waals surface area (Å²) in [6.07, 6.45) is 0. The zero-order valence-electron chi connectivity index (χ0n) is 16.3. The first-order chi connectivity index (χ1) is 14.6. The topological polar surface area (TPSA) is 56.1 Å². The summed E-state index contributed by atoms with van der Waals surface area (Å²) < 4.78 is 7.38. The van der Waals surface area contributed by atoms with Gasteiger partial charge < -0.3 is 14.6 Å². The molecule has 1 amide bonds. The maximum absolute atomic E-state index is 12.4. The predicted octanol–water partition coefficient (Wildman–Crippen LogP) is 5.48. The third kappa shape index (κ3) is 4.78. The number of nitrogens with one attached hydrogen (secondary N) is 1. The van der Waals surface area contributed by atoms with Crippen LogP contribution in [-0.2, 0) is 11.3 Å². The molecule has 0 bridgehead atoms. The highest BCUT2D eigenvalue weighted by Gasteiger charge is 2.13. The van der Waals surface area contributed by atoms with Crippen LogP contribution < -0.4 is 10.1 Å². The summed E-state index contributed by atoms with van der Waals surface area (Å²) in [6.45, 7) is 0.658. The van der Waals surface area contributed by atoms with E-state index in [1.165, 1.54) is 11.8 Å². The first-order valence-electron chi connectivity index (χ1n) is 9.39. The molecule has 0 radical (unpaired) electrons. The third-order valence-electron chi connectivity index (χ3n) is 4.58. The fourth-order valence-electron chi connectivity index (χ4n) is 3.09. The number of carbonyl (C=O) groups is 1. The van der Waals surface area contributed by atoms with E-state index in [0.717, 1.165) is 33.2 Å². The van der Waals surface area contributed by atoms with Crippen LogP contribution in [0.1, 0.15) is 5.56 Å². The van der Waals surface area contributed by atoms with Gasteiger partial charge in [0.05, 0.1) is 30.4 Å². The Morgan fingerprint density at radius 2 is 1.80 bits per heavy atom. The van der Waals surface area contributed by atoms with Crippen LogP contribution in [0.15, 0.2) is 78.0 Å². The summed E-state index contributed by atoms with van der Waals surface area (Å²) in [6, 6.07) is 23.0. The minimum atomic E-state index is -0.0922. The number of aromatic nitrogens is 2. The number of ether oxygens (including phenoxy) is 1.